The number of unbranched alkanes of at least 4 members (excludes halogenated alkanes) is 14. The third-order valence-electron chi connectivity index (χ3n) is 6.29. The molecule has 0 fully saturated rings. The maximum atomic E-state index is 12.5. The zero-order chi connectivity index (χ0) is 23.4. The van der Waals surface area contributed by atoms with Gasteiger partial charge in [-0.2, -0.15) is 4.57 Å². The summed E-state index contributed by atoms with van der Waals surface area (Å²) in [6.07, 6.45) is 30.3. The number of allylic oxidation sites excluding steroid dienone is 1. The molecule has 0 amide bonds. The minimum absolute atomic E-state index is 0.119. The van der Waals surface area contributed by atoms with E-state index in [0.717, 1.165) is 17.7 Å². The molecule has 0 aliphatic carbocycles. The zero-order valence-electron chi connectivity index (χ0n) is 20.9. The lowest BCUT2D eigenvalue weighted by atomic mass is 10.0. The Morgan fingerprint density at radius 1 is 0.818 bits per heavy atom. The number of aromatic nitrogens is 2. The van der Waals surface area contributed by atoms with Gasteiger partial charge in [-0.05, 0) is 12.8 Å². The van der Waals surface area contributed by atoms with Gasteiger partial charge in [0.05, 0.1) is 12.4 Å². The molecule has 0 radical (unpaired) electrons. The highest BCUT2D eigenvalue weighted by molar-refractivity contribution is 5.94. The van der Waals surface area contributed by atoms with E-state index in [1.54, 1.807) is 6.20 Å². The Morgan fingerprint density at radius 2 is 1.39 bits per heavy atom. The molecule has 0 aliphatic heterocycles. The van der Waals surface area contributed by atoms with Crippen LogP contribution in [0.2, 0.25) is 0 Å². The van der Waals surface area contributed by atoms with E-state index in [0.29, 0.717) is 6.54 Å². The number of benzene rings is 1. The molecule has 0 N–H and O–H groups in total. The molecular formula is C30H45N2O+. The van der Waals surface area contributed by atoms with Gasteiger partial charge in [0.2, 0.25) is 18.0 Å². The lowest BCUT2D eigenvalue weighted by Crippen LogP contribution is -2.40. The number of carbonyl (C=O) groups is 1. The quantitative estimate of drug-likeness (QED) is 0.123. The first-order valence-electron chi connectivity index (χ1n) is 13.4. The maximum absolute atomic E-state index is 12.5. The molecular weight excluding hydrogens is 404 g/mol. The number of nitrogens with zero attached hydrogens (tertiary/aromatic N) is 2. The van der Waals surface area contributed by atoms with Gasteiger partial charge in [-0.25, -0.2) is 0 Å². The molecule has 0 bridgehead atoms. The van der Waals surface area contributed by atoms with Crippen molar-refractivity contribution in [2.24, 2.45) is 0 Å². The lowest BCUT2D eigenvalue weighted by molar-refractivity contribution is -0.685. The molecule has 1 aromatic heterocycles. The normalized spacial score (nSPS) is 11.3. The molecule has 3 nitrogen and oxygen atoms in total. The first kappa shape index (κ1) is 27.0. The molecule has 0 spiro atoms. The number of rotatable bonds is 19. The standard InChI is InChI=1S/C30H45N2O/c1-2-3-4-5-6-7-8-9-10-11-12-13-14-15-16-20-23-29-26-31-24-25-32(29)27-30(33)28-21-18-17-19-22-28/h17-26H,2-16,27H2,1H3/q+1. The fraction of sp³-hybridized carbons (Fsp3) is 0.567. The Kier molecular flexibility index (Phi) is 14.8. The van der Waals surface area contributed by atoms with Crippen LogP contribution in [0.4, 0.5) is 0 Å². The molecule has 0 unspecified atom stereocenters. The molecule has 33 heavy (non-hydrogen) atoms. The van der Waals surface area contributed by atoms with Crippen molar-refractivity contribution < 1.29 is 9.36 Å². The first-order valence-corrected chi connectivity index (χ1v) is 13.4. The highest BCUT2D eigenvalue weighted by Crippen LogP contribution is 2.13. The van der Waals surface area contributed by atoms with E-state index in [4.69, 9.17) is 0 Å². The van der Waals surface area contributed by atoms with Gasteiger partial charge in [-0.15, -0.1) is 0 Å². The molecule has 0 saturated heterocycles. The van der Waals surface area contributed by atoms with Crippen molar-refractivity contribution >= 4 is 11.9 Å². The SMILES string of the molecule is CCCCCCCCCCCCCCCCC=Cc1cncc[n+]1CC(=O)c1ccccc1. The second-order valence-electron chi connectivity index (χ2n) is 9.21. The van der Waals surface area contributed by atoms with Crippen LogP contribution in [0, 0.1) is 0 Å². The van der Waals surface area contributed by atoms with Crippen LogP contribution in [0.15, 0.2) is 55.0 Å². The number of hydrogen-bond acceptors (Lipinski definition) is 2. The Hall–Kier alpha value is -2.29. The molecule has 2 rings (SSSR count). The van der Waals surface area contributed by atoms with E-state index in [1.807, 2.05) is 47.3 Å². The summed E-state index contributed by atoms with van der Waals surface area (Å²) >= 11 is 0. The van der Waals surface area contributed by atoms with Crippen LogP contribution in [0.3, 0.4) is 0 Å². The molecule has 0 aliphatic rings. The molecule has 1 aromatic carbocycles. The summed E-state index contributed by atoms with van der Waals surface area (Å²) in [5.41, 5.74) is 1.73. The first-order chi connectivity index (χ1) is 16.3. The lowest BCUT2D eigenvalue weighted by Gasteiger charge is -2.03. The van der Waals surface area contributed by atoms with E-state index < -0.39 is 0 Å². The van der Waals surface area contributed by atoms with Gasteiger partial charge in [-0.3, -0.25) is 9.78 Å². The molecule has 2 aromatic rings. The summed E-state index contributed by atoms with van der Waals surface area (Å²) < 4.78 is 1.98. The van der Waals surface area contributed by atoms with Gasteiger partial charge in [0.1, 0.15) is 0 Å². The fourth-order valence-corrected chi connectivity index (χ4v) is 4.21. The zero-order valence-corrected chi connectivity index (χ0v) is 20.9. The molecule has 0 saturated carbocycles. The minimum Gasteiger partial charge on any atom is -0.287 e. The van der Waals surface area contributed by atoms with Crippen molar-refractivity contribution in [3.05, 3.63) is 66.3 Å². The minimum atomic E-state index is 0.119. The van der Waals surface area contributed by atoms with E-state index in [9.17, 15) is 4.79 Å². The van der Waals surface area contributed by atoms with Crippen LogP contribution in [-0.4, -0.2) is 10.8 Å². The van der Waals surface area contributed by atoms with Crippen LogP contribution in [0.25, 0.3) is 6.08 Å². The molecule has 180 valence electrons. The number of Topliss-reactive ketones (excluding diaryl/α,β-unsaturated/α-hetero) is 1. The van der Waals surface area contributed by atoms with E-state index in [-0.39, 0.29) is 5.78 Å². The Labute approximate surface area is 202 Å². The average Bonchev–Trinajstić information content (AvgIpc) is 2.85. The van der Waals surface area contributed by atoms with Crippen molar-refractivity contribution in [1.29, 1.82) is 0 Å². The van der Waals surface area contributed by atoms with Gasteiger partial charge in [0.15, 0.2) is 6.20 Å². The van der Waals surface area contributed by atoms with Crippen LogP contribution >= 0.6 is 0 Å². The summed E-state index contributed by atoms with van der Waals surface area (Å²) in [6, 6.07) is 9.48. The number of ketones is 1. The fourth-order valence-electron chi connectivity index (χ4n) is 4.21. The summed E-state index contributed by atoms with van der Waals surface area (Å²) in [5.74, 6) is 0.119. The Morgan fingerprint density at radius 3 is 2.00 bits per heavy atom. The summed E-state index contributed by atoms with van der Waals surface area (Å²) in [7, 11) is 0. The monoisotopic (exact) mass is 449 g/mol. The van der Waals surface area contributed by atoms with Crippen LogP contribution in [0.5, 0.6) is 0 Å². The smallest absolute Gasteiger partial charge is 0.227 e. The average molecular weight is 450 g/mol. The predicted octanol–water partition coefficient (Wildman–Crippen LogP) is 8.14. The van der Waals surface area contributed by atoms with Gasteiger partial charge >= 0.3 is 0 Å². The van der Waals surface area contributed by atoms with E-state index >= 15 is 0 Å². The van der Waals surface area contributed by atoms with Crippen molar-refractivity contribution in [1.82, 2.24) is 4.98 Å². The third-order valence-corrected chi connectivity index (χ3v) is 6.29. The van der Waals surface area contributed by atoms with Crippen molar-refractivity contribution in [3.63, 3.8) is 0 Å². The van der Waals surface area contributed by atoms with Crippen molar-refractivity contribution in [3.8, 4) is 0 Å². The summed E-state index contributed by atoms with van der Waals surface area (Å²) in [4.78, 5) is 16.8. The number of hydrogen-bond donors (Lipinski definition) is 0. The second kappa shape index (κ2) is 18.2. The second-order valence-corrected chi connectivity index (χ2v) is 9.21. The molecule has 1 heterocycles. The summed E-state index contributed by atoms with van der Waals surface area (Å²) in [6.45, 7) is 2.62. The summed E-state index contributed by atoms with van der Waals surface area (Å²) in [5, 5.41) is 0. The topological polar surface area (TPSA) is 33.8 Å². The maximum Gasteiger partial charge on any atom is 0.227 e. The van der Waals surface area contributed by atoms with Crippen molar-refractivity contribution in [2.45, 2.75) is 110 Å². The van der Waals surface area contributed by atoms with Gasteiger partial charge in [-0.1, -0.05) is 127 Å². The number of carbonyl (C=O) groups excluding carboxylic acids is 1. The molecule has 0 atom stereocenters. The van der Waals surface area contributed by atoms with Gasteiger partial charge in [0, 0.05) is 11.6 Å². The van der Waals surface area contributed by atoms with Crippen LogP contribution in [-0.2, 0) is 6.54 Å². The Balaban J connectivity index is 1.52. The largest absolute Gasteiger partial charge is 0.287 e. The van der Waals surface area contributed by atoms with Crippen LogP contribution < -0.4 is 4.57 Å². The van der Waals surface area contributed by atoms with Crippen LogP contribution in [0.1, 0.15) is 119 Å². The predicted molar refractivity (Wildman–Crippen MR) is 139 cm³/mol. The van der Waals surface area contributed by atoms with Crippen molar-refractivity contribution in [2.75, 3.05) is 0 Å². The third kappa shape index (κ3) is 12.5. The highest BCUT2D eigenvalue weighted by Gasteiger charge is 2.14. The molecule has 3 heteroatoms. The highest BCUT2D eigenvalue weighted by atomic mass is 16.1. The van der Waals surface area contributed by atoms with Gasteiger partial charge < -0.3 is 0 Å². The Bertz CT molecular complexity index is 785. The van der Waals surface area contributed by atoms with E-state index in [2.05, 4.69) is 24.1 Å². The van der Waals surface area contributed by atoms with E-state index in [1.165, 1.54) is 89.9 Å². The van der Waals surface area contributed by atoms with Gasteiger partial charge in [0.25, 0.3) is 0 Å².